The Balaban J connectivity index is 1.58. The minimum atomic E-state index is 0.0672. The molecule has 1 aliphatic rings. The number of anilines is 2. The van der Waals surface area contributed by atoms with Gasteiger partial charge in [-0.1, -0.05) is 0 Å². The predicted octanol–water partition coefficient (Wildman–Crippen LogP) is 3.88. The molecule has 0 bridgehead atoms. The van der Waals surface area contributed by atoms with Gasteiger partial charge in [0.25, 0.3) is 0 Å². The van der Waals surface area contributed by atoms with Crippen LogP contribution >= 0.6 is 11.5 Å². The Morgan fingerprint density at radius 1 is 1.24 bits per heavy atom. The number of rotatable bonds is 5. The molecule has 0 aliphatic carbocycles. The van der Waals surface area contributed by atoms with Crippen molar-refractivity contribution in [2.45, 2.75) is 25.9 Å². The average Bonchev–Trinajstić information content (AvgIpc) is 3.36. The second kappa shape index (κ2) is 7.76. The molecule has 1 aliphatic heterocycles. The van der Waals surface area contributed by atoms with Crippen LogP contribution in [0.4, 0.5) is 10.9 Å². The number of hydrogen-bond donors (Lipinski definition) is 1. The van der Waals surface area contributed by atoms with E-state index in [1.807, 2.05) is 48.1 Å². The molecular formula is C20H20N6O2S. The van der Waals surface area contributed by atoms with Crippen LogP contribution in [-0.2, 0) is 4.74 Å². The van der Waals surface area contributed by atoms with Crippen LogP contribution in [0.25, 0.3) is 16.7 Å². The van der Waals surface area contributed by atoms with Gasteiger partial charge in [-0.15, -0.1) is 0 Å². The van der Waals surface area contributed by atoms with Crippen molar-refractivity contribution in [2.24, 2.45) is 0 Å². The second-order valence-electron chi connectivity index (χ2n) is 6.87. The maximum atomic E-state index is 6.35. The molecule has 0 spiro atoms. The third-order valence-corrected chi connectivity index (χ3v) is 5.53. The topological polar surface area (TPSA) is 87.0 Å². The smallest absolute Gasteiger partial charge is 0.244 e. The van der Waals surface area contributed by atoms with Crippen LogP contribution in [0.5, 0.6) is 5.88 Å². The van der Waals surface area contributed by atoms with E-state index in [9.17, 15) is 0 Å². The zero-order valence-corrected chi connectivity index (χ0v) is 16.7. The lowest BCUT2D eigenvalue weighted by Crippen LogP contribution is -2.26. The Morgan fingerprint density at radius 3 is 2.90 bits per heavy atom. The number of nitrogens with zero attached hydrogens (tertiary/aromatic N) is 5. The van der Waals surface area contributed by atoms with Crippen molar-refractivity contribution in [1.82, 2.24) is 23.9 Å². The summed E-state index contributed by atoms with van der Waals surface area (Å²) < 4.78 is 18.1. The molecule has 0 aromatic carbocycles. The number of nitrogens with one attached hydrogen (secondary N) is 1. The molecule has 0 amide bonds. The van der Waals surface area contributed by atoms with E-state index in [4.69, 9.17) is 19.4 Å². The summed E-state index contributed by atoms with van der Waals surface area (Å²) in [5.41, 5.74) is 3.52. The molecule has 5 heterocycles. The molecule has 1 N–H and O–H groups in total. The molecule has 0 atom stereocenters. The molecule has 0 saturated carbocycles. The van der Waals surface area contributed by atoms with Crippen LogP contribution in [0, 0.1) is 6.92 Å². The second-order valence-corrected chi connectivity index (χ2v) is 7.68. The Labute approximate surface area is 171 Å². The molecule has 1 saturated heterocycles. The molecule has 1 fully saturated rings. The van der Waals surface area contributed by atoms with Crippen LogP contribution < -0.4 is 10.1 Å². The molecule has 148 valence electrons. The number of hydrogen-bond acceptors (Lipinski definition) is 8. The van der Waals surface area contributed by atoms with Gasteiger partial charge >= 0.3 is 0 Å². The first-order valence-electron chi connectivity index (χ1n) is 9.50. The molecule has 0 unspecified atom stereocenters. The zero-order valence-electron chi connectivity index (χ0n) is 15.9. The normalized spacial score (nSPS) is 14.9. The van der Waals surface area contributed by atoms with Gasteiger partial charge in [0, 0.05) is 25.2 Å². The maximum absolute atomic E-state index is 6.35. The van der Waals surface area contributed by atoms with Gasteiger partial charge in [-0.3, -0.25) is 4.98 Å². The summed E-state index contributed by atoms with van der Waals surface area (Å²) in [6.45, 7) is 3.36. The standard InChI is InChI=1S/C20H20N6O2S/c1-13-11-17(29-25-13)23-20-22-16-4-8-26(14-3-2-7-21-12-14)18(16)19(24-20)28-15-5-9-27-10-6-15/h2-4,7-8,11-12,15H,5-6,9-10H2,1H3,(H,22,23,24). The summed E-state index contributed by atoms with van der Waals surface area (Å²) in [5.74, 6) is 1.05. The van der Waals surface area contributed by atoms with Crippen LogP contribution in [0.1, 0.15) is 18.5 Å². The summed E-state index contributed by atoms with van der Waals surface area (Å²) in [7, 11) is 0. The minimum absolute atomic E-state index is 0.0672. The fraction of sp³-hybridized carbons (Fsp3) is 0.300. The Bertz CT molecular complexity index is 1120. The highest BCUT2D eigenvalue weighted by Gasteiger charge is 2.21. The third-order valence-electron chi connectivity index (χ3n) is 4.74. The lowest BCUT2D eigenvalue weighted by Gasteiger charge is -2.23. The number of ether oxygens (including phenoxy) is 2. The predicted molar refractivity (Wildman–Crippen MR) is 111 cm³/mol. The van der Waals surface area contributed by atoms with Gasteiger partial charge in [0.15, 0.2) is 0 Å². The highest BCUT2D eigenvalue weighted by atomic mass is 32.1. The van der Waals surface area contributed by atoms with Gasteiger partial charge in [0.1, 0.15) is 16.6 Å². The summed E-state index contributed by atoms with van der Waals surface area (Å²) in [6.07, 6.45) is 7.28. The van der Waals surface area contributed by atoms with Gasteiger partial charge in [0.2, 0.25) is 11.8 Å². The van der Waals surface area contributed by atoms with Crippen LogP contribution in [0.2, 0.25) is 0 Å². The number of aromatic nitrogens is 5. The largest absolute Gasteiger partial charge is 0.473 e. The maximum Gasteiger partial charge on any atom is 0.244 e. The van der Waals surface area contributed by atoms with Crippen molar-refractivity contribution in [2.75, 3.05) is 18.5 Å². The van der Waals surface area contributed by atoms with E-state index in [1.54, 1.807) is 6.20 Å². The molecule has 4 aromatic heterocycles. The third kappa shape index (κ3) is 3.79. The number of fused-ring (bicyclic) bond motifs is 1. The highest BCUT2D eigenvalue weighted by molar-refractivity contribution is 7.10. The molecule has 8 nitrogen and oxygen atoms in total. The van der Waals surface area contributed by atoms with E-state index in [-0.39, 0.29) is 6.10 Å². The molecular weight excluding hydrogens is 388 g/mol. The first-order valence-corrected chi connectivity index (χ1v) is 10.3. The van der Waals surface area contributed by atoms with Gasteiger partial charge in [-0.05, 0) is 42.7 Å². The fourth-order valence-electron chi connectivity index (χ4n) is 3.35. The van der Waals surface area contributed by atoms with Gasteiger partial charge in [0.05, 0.1) is 36.3 Å². The van der Waals surface area contributed by atoms with Crippen molar-refractivity contribution in [3.63, 3.8) is 0 Å². The minimum Gasteiger partial charge on any atom is -0.473 e. The summed E-state index contributed by atoms with van der Waals surface area (Å²) in [5, 5.41) is 4.15. The van der Waals surface area contributed by atoms with Gasteiger partial charge in [-0.25, -0.2) is 4.98 Å². The Morgan fingerprint density at radius 2 is 2.14 bits per heavy atom. The molecule has 0 radical (unpaired) electrons. The summed E-state index contributed by atoms with van der Waals surface area (Å²) in [6, 6.07) is 7.84. The van der Waals surface area contributed by atoms with E-state index in [2.05, 4.69) is 14.7 Å². The van der Waals surface area contributed by atoms with Crippen molar-refractivity contribution in [3.8, 4) is 11.6 Å². The Hall–Kier alpha value is -3.04. The molecule has 9 heteroatoms. The lowest BCUT2D eigenvalue weighted by molar-refractivity contribution is 0.0243. The molecule has 4 aromatic rings. The van der Waals surface area contributed by atoms with E-state index in [0.29, 0.717) is 25.0 Å². The van der Waals surface area contributed by atoms with Crippen molar-refractivity contribution >= 4 is 33.5 Å². The van der Waals surface area contributed by atoms with Crippen molar-refractivity contribution < 1.29 is 9.47 Å². The summed E-state index contributed by atoms with van der Waals surface area (Å²) >= 11 is 1.38. The highest BCUT2D eigenvalue weighted by Crippen LogP contribution is 2.31. The van der Waals surface area contributed by atoms with E-state index in [0.717, 1.165) is 40.3 Å². The molecule has 5 rings (SSSR count). The van der Waals surface area contributed by atoms with E-state index < -0.39 is 0 Å². The Kier molecular flexibility index (Phi) is 4.82. The first kappa shape index (κ1) is 18.0. The van der Waals surface area contributed by atoms with Crippen LogP contribution in [0.3, 0.4) is 0 Å². The number of aryl methyl sites for hydroxylation is 1. The van der Waals surface area contributed by atoms with Crippen molar-refractivity contribution in [1.29, 1.82) is 0 Å². The van der Waals surface area contributed by atoms with Crippen molar-refractivity contribution in [3.05, 3.63) is 48.5 Å². The monoisotopic (exact) mass is 408 g/mol. The zero-order chi connectivity index (χ0) is 19.6. The SMILES string of the molecule is Cc1cc(Nc2nc(OC3CCOCC3)c3c(ccn3-c3cccnc3)n2)sn1. The first-order chi connectivity index (χ1) is 14.3. The number of pyridine rings is 1. The van der Waals surface area contributed by atoms with Gasteiger partial charge < -0.3 is 19.4 Å². The summed E-state index contributed by atoms with van der Waals surface area (Å²) in [4.78, 5) is 13.6. The van der Waals surface area contributed by atoms with E-state index in [1.165, 1.54) is 11.5 Å². The quantitative estimate of drug-likeness (QED) is 0.536. The lowest BCUT2D eigenvalue weighted by atomic mass is 10.1. The molecule has 29 heavy (non-hydrogen) atoms. The van der Waals surface area contributed by atoms with E-state index >= 15 is 0 Å². The fourth-order valence-corrected chi connectivity index (χ4v) is 4.00. The van der Waals surface area contributed by atoms with Crippen LogP contribution in [-0.4, -0.2) is 43.2 Å². The van der Waals surface area contributed by atoms with Gasteiger partial charge in [-0.2, -0.15) is 9.36 Å². The van der Waals surface area contributed by atoms with Crippen LogP contribution in [0.15, 0.2) is 42.9 Å². The average molecular weight is 408 g/mol.